The largest absolute Gasteiger partial charge is 0.444 e. The van der Waals surface area contributed by atoms with Crippen LogP contribution in [0.2, 0.25) is 0 Å². The van der Waals surface area contributed by atoms with Crippen molar-refractivity contribution in [3.63, 3.8) is 0 Å². The summed E-state index contributed by atoms with van der Waals surface area (Å²) in [6.07, 6.45) is 3.13. The van der Waals surface area contributed by atoms with Gasteiger partial charge >= 0.3 is 6.09 Å². The van der Waals surface area contributed by atoms with E-state index in [2.05, 4.69) is 10.3 Å². The summed E-state index contributed by atoms with van der Waals surface area (Å²) in [7, 11) is 1.57. The standard InChI is InChI=1S/C27H37N3O5/c1-25(2,3)35-24(33)30-12-11-27(34,26(4,5)17-30)20-9-10-22-18(15-20)14-19(16-29-22)21(8-7-13-31)23(32)28-6/h9-10,13-16,21,34H,7-8,11-12,17H2,1-6H3,(H,28,32). The van der Waals surface area contributed by atoms with E-state index in [-0.39, 0.29) is 18.4 Å². The van der Waals surface area contributed by atoms with Gasteiger partial charge in [0, 0.05) is 43.6 Å². The lowest BCUT2D eigenvalue weighted by Crippen LogP contribution is -2.57. The number of carbonyl (C=O) groups is 3. The molecule has 1 fully saturated rings. The van der Waals surface area contributed by atoms with Gasteiger partial charge < -0.3 is 24.9 Å². The van der Waals surface area contributed by atoms with Crippen LogP contribution in [0.3, 0.4) is 0 Å². The molecule has 190 valence electrons. The predicted octanol–water partition coefficient (Wildman–Crippen LogP) is 3.90. The predicted molar refractivity (Wildman–Crippen MR) is 134 cm³/mol. The lowest BCUT2D eigenvalue weighted by molar-refractivity contribution is -0.123. The molecule has 2 amide bonds. The highest BCUT2D eigenvalue weighted by molar-refractivity contribution is 5.86. The molecular formula is C27H37N3O5. The minimum Gasteiger partial charge on any atom is -0.444 e. The third-order valence-electron chi connectivity index (χ3n) is 6.82. The van der Waals surface area contributed by atoms with Crippen LogP contribution in [0.25, 0.3) is 10.9 Å². The summed E-state index contributed by atoms with van der Waals surface area (Å²) in [6, 6.07) is 7.56. The van der Waals surface area contributed by atoms with Crippen molar-refractivity contribution in [3.05, 3.63) is 41.6 Å². The van der Waals surface area contributed by atoms with Gasteiger partial charge in [-0.15, -0.1) is 0 Å². The van der Waals surface area contributed by atoms with Crippen molar-refractivity contribution in [2.45, 2.75) is 71.0 Å². The van der Waals surface area contributed by atoms with E-state index in [0.717, 1.165) is 28.3 Å². The number of rotatable bonds is 6. The van der Waals surface area contributed by atoms with Crippen LogP contribution in [0.15, 0.2) is 30.5 Å². The van der Waals surface area contributed by atoms with Gasteiger partial charge in [0.1, 0.15) is 11.9 Å². The molecule has 2 N–H and O–H groups in total. The summed E-state index contributed by atoms with van der Waals surface area (Å²) in [5, 5.41) is 15.3. The van der Waals surface area contributed by atoms with Crippen LogP contribution in [0.1, 0.15) is 70.9 Å². The molecule has 3 rings (SSSR count). The Bertz CT molecular complexity index is 1110. The fourth-order valence-electron chi connectivity index (χ4n) is 4.79. The first kappa shape index (κ1) is 26.6. The summed E-state index contributed by atoms with van der Waals surface area (Å²) in [5.41, 5.74) is -0.195. The van der Waals surface area contributed by atoms with Crippen molar-refractivity contribution in [2.24, 2.45) is 5.41 Å². The number of nitrogens with zero attached hydrogens (tertiary/aromatic N) is 2. The zero-order chi connectivity index (χ0) is 26.0. The van der Waals surface area contributed by atoms with Crippen LogP contribution in [0, 0.1) is 5.41 Å². The first-order chi connectivity index (χ1) is 16.3. The first-order valence-corrected chi connectivity index (χ1v) is 12.1. The molecule has 2 unspecified atom stereocenters. The highest BCUT2D eigenvalue weighted by Crippen LogP contribution is 2.46. The Hall–Kier alpha value is -3.00. The number of hydrogen-bond acceptors (Lipinski definition) is 6. The molecule has 0 bridgehead atoms. The Labute approximate surface area is 207 Å². The van der Waals surface area contributed by atoms with Crippen molar-refractivity contribution in [1.29, 1.82) is 0 Å². The topological polar surface area (TPSA) is 109 Å². The van der Waals surface area contributed by atoms with Crippen molar-refractivity contribution < 1.29 is 24.2 Å². The lowest BCUT2D eigenvalue weighted by Gasteiger charge is -2.50. The zero-order valence-electron chi connectivity index (χ0n) is 21.6. The minimum absolute atomic E-state index is 0.168. The fourth-order valence-corrected chi connectivity index (χ4v) is 4.79. The zero-order valence-corrected chi connectivity index (χ0v) is 21.6. The van der Waals surface area contributed by atoms with Crippen molar-refractivity contribution in [2.75, 3.05) is 20.1 Å². The second-order valence-corrected chi connectivity index (χ2v) is 11.0. The fraction of sp³-hybridized carbons (Fsp3) is 0.556. The number of amides is 2. The van der Waals surface area contributed by atoms with Gasteiger partial charge in [-0.25, -0.2) is 4.79 Å². The van der Waals surface area contributed by atoms with E-state index >= 15 is 0 Å². The van der Waals surface area contributed by atoms with Crippen LogP contribution in [0.4, 0.5) is 4.79 Å². The molecule has 0 aliphatic carbocycles. The Kier molecular flexibility index (Phi) is 7.55. The van der Waals surface area contributed by atoms with Crippen molar-refractivity contribution in [1.82, 2.24) is 15.2 Å². The van der Waals surface area contributed by atoms with Gasteiger partial charge in [-0.3, -0.25) is 9.78 Å². The number of aldehydes is 1. The maximum Gasteiger partial charge on any atom is 0.410 e. The molecule has 0 spiro atoms. The lowest BCUT2D eigenvalue weighted by atomic mass is 9.66. The molecule has 35 heavy (non-hydrogen) atoms. The summed E-state index contributed by atoms with van der Waals surface area (Å²) >= 11 is 0. The Morgan fingerprint density at radius 1 is 1.29 bits per heavy atom. The van der Waals surface area contributed by atoms with E-state index in [9.17, 15) is 19.5 Å². The molecule has 2 aromatic rings. The third kappa shape index (κ3) is 5.64. The maximum absolute atomic E-state index is 12.6. The molecule has 1 aliphatic heterocycles. The monoisotopic (exact) mass is 483 g/mol. The van der Waals surface area contributed by atoms with Crippen LogP contribution in [0.5, 0.6) is 0 Å². The molecule has 1 aromatic carbocycles. The molecule has 1 saturated heterocycles. The van der Waals surface area contributed by atoms with E-state index in [4.69, 9.17) is 4.74 Å². The summed E-state index contributed by atoms with van der Waals surface area (Å²) in [5.74, 6) is -0.652. The summed E-state index contributed by atoms with van der Waals surface area (Å²) in [6.45, 7) is 10.1. The van der Waals surface area contributed by atoms with Gasteiger partial charge in [-0.05, 0) is 62.9 Å². The van der Waals surface area contributed by atoms with Crippen molar-refractivity contribution >= 4 is 29.2 Å². The third-order valence-corrected chi connectivity index (χ3v) is 6.82. The number of aromatic nitrogens is 1. The number of carbonyl (C=O) groups excluding carboxylic acids is 3. The maximum atomic E-state index is 12.6. The number of nitrogens with one attached hydrogen (secondary N) is 1. The molecule has 1 aliphatic rings. The summed E-state index contributed by atoms with van der Waals surface area (Å²) in [4.78, 5) is 42.2. The molecular weight excluding hydrogens is 446 g/mol. The average molecular weight is 484 g/mol. The van der Waals surface area contributed by atoms with Gasteiger partial charge in [0.2, 0.25) is 5.91 Å². The minimum atomic E-state index is -1.17. The first-order valence-electron chi connectivity index (χ1n) is 12.1. The van der Waals surface area contributed by atoms with Crippen LogP contribution in [-0.4, -0.2) is 59.0 Å². The SMILES string of the molecule is CNC(=O)C(CCC=O)c1cnc2ccc(C3(O)CCN(C(=O)OC(C)(C)C)CC3(C)C)cc2c1. The number of benzene rings is 1. The van der Waals surface area contributed by atoms with Crippen LogP contribution in [-0.2, 0) is 19.9 Å². The van der Waals surface area contributed by atoms with E-state index in [0.29, 0.717) is 25.9 Å². The van der Waals surface area contributed by atoms with E-state index in [1.165, 1.54) is 0 Å². The Morgan fingerprint density at radius 3 is 2.60 bits per heavy atom. The number of ether oxygens (including phenoxy) is 1. The molecule has 0 radical (unpaired) electrons. The number of piperidine rings is 1. The average Bonchev–Trinajstić information content (AvgIpc) is 2.79. The van der Waals surface area contributed by atoms with Gasteiger partial charge in [-0.1, -0.05) is 19.9 Å². The van der Waals surface area contributed by atoms with Crippen LogP contribution < -0.4 is 5.32 Å². The molecule has 2 heterocycles. The number of likely N-dealkylation sites (N-methyl/N-ethyl adjacent to an activating group) is 1. The highest BCUT2D eigenvalue weighted by atomic mass is 16.6. The number of likely N-dealkylation sites (tertiary alicyclic amines) is 1. The molecule has 2 atom stereocenters. The second kappa shape index (κ2) is 9.93. The van der Waals surface area contributed by atoms with Crippen LogP contribution >= 0.6 is 0 Å². The van der Waals surface area contributed by atoms with E-state index in [1.54, 1.807) is 18.1 Å². The normalized spacial score (nSPS) is 20.8. The molecule has 1 aromatic heterocycles. The second-order valence-electron chi connectivity index (χ2n) is 11.0. The number of hydrogen-bond donors (Lipinski definition) is 2. The number of aliphatic hydroxyl groups is 1. The van der Waals surface area contributed by atoms with Gasteiger partial charge in [0.05, 0.1) is 17.0 Å². The van der Waals surface area contributed by atoms with E-state index < -0.39 is 22.5 Å². The Morgan fingerprint density at radius 2 is 2.00 bits per heavy atom. The van der Waals surface area contributed by atoms with Crippen molar-refractivity contribution in [3.8, 4) is 0 Å². The van der Waals surface area contributed by atoms with E-state index in [1.807, 2.05) is 58.9 Å². The number of pyridine rings is 1. The smallest absolute Gasteiger partial charge is 0.410 e. The quantitative estimate of drug-likeness (QED) is 0.603. The number of fused-ring (bicyclic) bond motifs is 1. The molecule has 8 nitrogen and oxygen atoms in total. The Balaban J connectivity index is 1.93. The molecule has 8 heteroatoms. The van der Waals surface area contributed by atoms with Gasteiger partial charge in [0.15, 0.2) is 0 Å². The van der Waals surface area contributed by atoms with Gasteiger partial charge in [0.25, 0.3) is 0 Å². The molecule has 0 saturated carbocycles. The van der Waals surface area contributed by atoms with Gasteiger partial charge in [-0.2, -0.15) is 0 Å². The highest BCUT2D eigenvalue weighted by Gasteiger charge is 2.50. The summed E-state index contributed by atoms with van der Waals surface area (Å²) < 4.78 is 5.54.